The summed E-state index contributed by atoms with van der Waals surface area (Å²) in [7, 11) is 0. The van der Waals surface area contributed by atoms with Crippen molar-refractivity contribution in [3.05, 3.63) is 63.6 Å². The molecular weight excluding hydrogens is 435 g/mol. The smallest absolute Gasteiger partial charge is 0.311 e. The van der Waals surface area contributed by atoms with Crippen LogP contribution in [0.15, 0.2) is 24.3 Å². The lowest BCUT2D eigenvalue weighted by Crippen LogP contribution is -2.27. The van der Waals surface area contributed by atoms with Crippen molar-refractivity contribution in [1.82, 2.24) is 4.57 Å². The highest BCUT2D eigenvalue weighted by atomic mass is 35.5. The first kappa shape index (κ1) is 21.2. The summed E-state index contributed by atoms with van der Waals surface area (Å²) >= 11 is 5.67. The molecule has 3 aromatic rings. The fourth-order valence-electron chi connectivity index (χ4n) is 4.25. The Morgan fingerprint density at radius 3 is 2.39 bits per heavy atom. The van der Waals surface area contributed by atoms with Crippen LogP contribution in [0.25, 0.3) is 10.9 Å². The lowest BCUT2D eigenvalue weighted by atomic mass is 9.72. The Bertz CT molecular complexity index is 1250. The van der Waals surface area contributed by atoms with Gasteiger partial charge in [-0.3, -0.25) is 14.2 Å². The first-order valence-electron chi connectivity index (χ1n) is 9.57. The molecule has 1 aliphatic carbocycles. The van der Waals surface area contributed by atoms with Gasteiger partial charge in [0.15, 0.2) is 17.4 Å². The Morgan fingerprint density at radius 2 is 1.84 bits per heavy atom. The Morgan fingerprint density at radius 1 is 1.16 bits per heavy atom. The van der Waals surface area contributed by atoms with Crippen molar-refractivity contribution in [3.63, 3.8) is 0 Å². The van der Waals surface area contributed by atoms with Gasteiger partial charge >= 0.3 is 5.97 Å². The van der Waals surface area contributed by atoms with E-state index in [1.165, 1.54) is 19.1 Å². The zero-order valence-electron chi connectivity index (χ0n) is 16.3. The van der Waals surface area contributed by atoms with Crippen molar-refractivity contribution in [2.24, 2.45) is 5.92 Å². The summed E-state index contributed by atoms with van der Waals surface area (Å²) in [4.78, 5) is 25.3. The lowest BCUT2D eigenvalue weighted by molar-refractivity contribution is -0.141. The molecule has 162 valence electrons. The molecule has 2 aromatic carbocycles. The van der Waals surface area contributed by atoms with Crippen LogP contribution in [0.3, 0.4) is 0 Å². The van der Waals surface area contributed by atoms with Gasteiger partial charge in [-0.1, -0.05) is 18.0 Å². The molecule has 1 saturated carbocycles. The molecule has 4 rings (SSSR count). The van der Waals surface area contributed by atoms with E-state index in [0.29, 0.717) is 12.8 Å². The molecule has 1 aromatic heterocycles. The second-order valence-electron chi connectivity index (χ2n) is 7.69. The predicted molar refractivity (Wildman–Crippen MR) is 107 cm³/mol. The summed E-state index contributed by atoms with van der Waals surface area (Å²) in [5.41, 5.74) is -0.301. The van der Waals surface area contributed by atoms with Gasteiger partial charge in [0, 0.05) is 22.7 Å². The molecule has 1 fully saturated rings. The maximum Gasteiger partial charge on any atom is 0.311 e. The molecule has 0 saturated heterocycles. The van der Waals surface area contributed by atoms with E-state index in [1.807, 2.05) is 0 Å². The van der Waals surface area contributed by atoms with Crippen molar-refractivity contribution in [2.45, 2.75) is 32.1 Å². The van der Waals surface area contributed by atoms with Crippen molar-refractivity contribution in [3.8, 4) is 5.75 Å². The van der Waals surface area contributed by atoms with Crippen LogP contribution in [-0.4, -0.2) is 26.7 Å². The van der Waals surface area contributed by atoms with Crippen molar-refractivity contribution in [2.75, 3.05) is 0 Å². The van der Waals surface area contributed by atoms with E-state index in [1.54, 1.807) is 0 Å². The molecular formula is C22H17ClF3NO4. The number of carbonyl (C=O) groups is 2. The Hall–Kier alpha value is -3.00. The normalized spacial score (nSPS) is 15.1. The van der Waals surface area contributed by atoms with E-state index in [0.717, 1.165) is 23.1 Å². The number of aromatic nitrogens is 1. The number of phenols is 1. The van der Waals surface area contributed by atoms with Gasteiger partial charge in [-0.05, 0) is 49.4 Å². The number of fused-ring (bicyclic) bond motifs is 1. The van der Waals surface area contributed by atoms with Crippen LogP contribution in [0.4, 0.5) is 13.2 Å². The fraction of sp³-hybridized carbons (Fsp3) is 0.273. The van der Waals surface area contributed by atoms with E-state index in [9.17, 15) is 28.6 Å². The minimum absolute atomic E-state index is 0.00258. The molecule has 5 nitrogen and oxygen atoms in total. The van der Waals surface area contributed by atoms with Gasteiger partial charge < -0.3 is 10.2 Å². The second-order valence-corrected chi connectivity index (χ2v) is 8.10. The standard InChI is InChI=1S/C22H17ClF3NO4/c1-9-16(17(22(30)31)10-3-2-4-10)18-15(8-14(25)20(28)19(18)26)27(9)21(29)11-5-6-12(23)13(24)7-11/h5-8,10,17,28H,2-4H2,1H3,(H,30,31). The van der Waals surface area contributed by atoms with Crippen LogP contribution >= 0.6 is 11.6 Å². The molecule has 0 bridgehead atoms. The number of phenolic OH excluding ortho intramolecular Hbond substituents is 1. The number of halogens is 4. The van der Waals surface area contributed by atoms with Gasteiger partial charge in [-0.2, -0.15) is 0 Å². The van der Waals surface area contributed by atoms with E-state index in [4.69, 9.17) is 11.6 Å². The molecule has 1 unspecified atom stereocenters. The third-order valence-corrected chi connectivity index (χ3v) is 6.28. The topological polar surface area (TPSA) is 79.5 Å². The van der Waals surface area contributed by atoms with E-state index >= 15 is 4.39 Å². The summed E-state index contributed by atoms with van der Waals surface area (Å²) in [5, 5.41) is 19.2. The van der Waals surface area contributed by atoms with Crippen LogP contribution in [0.2, 0.25) is 5.02 Å². The number of aliphatic carboxylic acids is 1. The van der Waals surface area contributed by atoms with Gasteiger partial charge in [0.1, 0.15) is 5.82 Å². The third-order valence-electron chi connectivity index (χ3n) is 5.98. The summed E-state index contributed by atoms with van der Waals surface area (Å²) < 4.78 is 44.1. The van der Waals surface area contributed by atoms with Gasteiger partial charge in [-0.15, -0.1) is 0 Å². The highest BCUT2D eigenvalue weighted by Crippen LogP contribution is 2.46. The average Bonchev–Trinajstić information content (AvgIpc) is 2.95. The molecule has 1 atom stereocenters. The molecule has 2 N–H and O–H groups in total. The number of carboxylic acid groups (broad SMARTS) is 1. The number of aromatic hydroxyl groups is 1. The first-order valence-corrected chi connectivity index (χ1v) is 9.95. The van der Waals surface area contributed by atoms with Gasteiger partial charge in [0.2, 0.25) is 0 Å². The number of carboxylic acids is 1. The summed E-state index contributed by atoms with van der Waals surface area (Å²) in [6.07, 6.45) is 2.03. The molecule has 31 heavy (non-hydrogen) atoms. The third kappa shape index (κ3) is 3.26. The van der Waals surface area contributed by atoms with Crippen molar-refractivity contribution in [1.29, 1.82) is 0 Å². The van der Waals surface area contributed by atoms with Crippen molar-refractivity contribution < 1.29 is 33.0 Å². The average molecular weight is 452 g/mol. The zero-order valence-corrected chi connectivity index (χ0v) is 17.0. The van der Waals surface area contributed by atoms with Crippen LogP contribution in [-0.2, 0) is 4.79 Å². The largest absolute Gasteiger partial charge is 0.503 e. The molecule has 1 heterocycles. The second kappa shape index (κ2) is 7.60. The number of hydrogen-bond donors (Lipinski definition) is 2. The zero-order chi connectivity index (χ0) is 22.6. The molecule has 9 heteroatoms. The molecule has 0 spiro atoms. The summed E-state index contributed by atoms with van der Waals surface area (Å²) in [6.45, 7) is 1.42. The maximum atomic E-state index is 15.0. The van der Waals surface area contributed by atoms with E-state index < -0.39 is 41.0 Å². The van der Waals surface area contributed by atoms with E-state index in [-0.39, 0.29) is 38.7 Å². The Kier molecular flexibility index (Phi) is 5.21. The number of carbonyl (C=O) groups excluding carboxylic acids is 1. The number of nitrogens with zero attached hydrogens (tertiary/aromatic N) is 1. The van der Waals surface area contributed by atoms with E-state index in [2.05, 4.69) is 0 Å². The molecule has 0 radical (unpaired) electrons. The number of rotatable bonds is 4. The first-order chi connectivity index (χ1) is 14.6. The molecule has 1 aliphatic rings. The minimum atomic E-state index is -1.34. The van der Waals surface area contributed by atoms with Crippen LogP contribution < -0.4 is 0 Å². The van der Waals surface area contributed by atoms with Gasteiger partial charge in [-0.25, -0.2) is 13.2 Å². The maximum absolute atomic E-state index is 15.0. The minimum Gasteiger partial charge on any atom is -0.503 e. The van der Waals surface area contributed by atoms with Crippen LogP contribution in [0, 0.1) is 30.3 Å². The molecule has 0 amide bonds. The summed E-state index contributed by atoms with van der Waals surface area (Å²) in [5.74, 6) is -8.21. The number of benzene rings is 2. The Labute approximate surface area is 179 Å². The van der Waals surface area contributed by atoms with Gasteiger partial charge in [0.25, 0.3) is 5.91 Å². The Balaban J connectivity index is 2.04. The van der Waals surface area contributed by atoms with Crippen molar-refractivity contribution >= 4 is 34.4 Å². The SMILES string of the molecule is Cc1c(C(C(=O)O)C2CCC2)c2c(F)c(O)c(F)cc2n1C(=O)c1ccc(Cl)c(F)c1. The van der Waals surface area contributed by atoms with Crippen LogP contribution in [0.5, 0.6) is 5.75 Å². The van der Waals surface area contributed by atoms with Crippen LogP contribution in [0.1, 0.15) is 46.8 Å². The fourth-order valence-corrected chi connectivity index (χ4v) is 4.36. The number of hydrogen-bond acceptors (Lipinski definition) is 3. The summed E-state index contributed by atoms with van der Waals surface area (Å²) in [6, 6.07) is 4.09. The highest BCUT2D eigenvalue weighted by molar-refractivity contribution is 6.30. The lowest BCUT2D eigenvalue weighted by Gasteiger charge is -2.31. The quantitative estimate of drug-likeness (QED) is 0.558. The predicted octanol–water partition coefficient (Wildman–Crippen LogP) is 5.38. The highest BCUT2D eigenvalue weighted by Gasteiger charge is 2.39. The molecule has 0 aliphatic heterocycles. The monoisotopic (exact) mass is 451 g/mol. The van der Waals surface area contributed by atoms with Gasteiger partial charge in [0.05, 0.1) is 16.5 Å².